The summed E-state index contributed by atoms with van der Waals surface area (Å²) in [5.41, 5.74) is 0. The molecule has 0 aromatic heterocycles. The summed E-state index contributed by atoms with van der Waals surface area (Å²) >= 11 is 0. The summed E-state index contributed by atoms with van der Waals surface area (Å²) in [6.07, 6.45) is 0. The van der Waals surface area contributed by atoms with E-state index < -0.39 is 0 Å². The summed E-state index contributed by atoms with van der Waals surface area (Å²) in [4.78, 5) is 0. The summed E-state index contributed by atoms with van der Waals surface area (Å²) in [5, 5.41) is 0. The maximum absolute atomic E-state index is 0. The van der Waals surface area contributed by atoms with E-state index in [4.69, 9.17) is 0 Å². The Labute approximate surface area is 99.1 Å². The van der Waals surface area contributed by atoms with Crippen LogP contribution in [0.25, 0.3) is 0 Å². The van der Waals surface area contributed by atoms with Crippen LogP contribution in [0.5, 0.6) is 0 Å². The molecule has 0 nitrogen and oxygen atoms in total. The minimum Gasteiger partial charge on any atom is 0 e. The molecule has 0 atom stereocenters. The second-order valence-corrected chi connectivity index (χ2v) is 0. The normalized spacial score (nSPS) is 0. The third-order valence-corrected chi connectivity index (χ3v) is 0. The van der Waals surface area contributed by atoms with Crippen LogP contribution in [0.2, 0.25) is 0 Å². The monoisotopic (exact) mass is 479 g/mol. The molecule has 0 saturated heterocycles. The Morgan fingerprint density at radius 3 is 0.750 bits per heavy atom. The predicted molar refractivity (Wildman–Crippen MR) is 5.75 cm³/mol. The molecule has 0 aliphatic carbocycles. The molecule has 4 heteroatoms. The molecule has 0 aromatic carbocycles. The zero-order chi connectivity index (χ0) is 0. The molecule has 7 radical (unpaired) electrons. The molecular weight excluding hydrogens is 478 g/mol. The number of hydrogen-bond acceptors (Lipinski definition) is 0. The van der Waals surface area contributed by atoms with Crippen LogP contribution in [0.15, 0.2) is 0 Å². The Kier molecular flexibility index (Phi) is 106. The third-order valence-electron chi connectivity index (χ3n) is 0. The maximum Gasteiger partial charge on any atom is 0 e. The quantitative estimate of drug-likeness (QED) is 0.417. The van der Waals surface area contributed by atoms with Gasteiger partial charge in [0.1, 0.15) is 0 Å². The summed E-state index contributed by atoms with van der Waals surface area (Å²) < 4.78 is 0. The fourth-order valence-corrected chi connectivity index (χ4v) is 0. The van der Waals surface area contributed by atoms with E-state index in [1.807, 2.05) is 0 Å². The average molecular weight is 478 g/mol. The second kappa shape index (κ2) is 16.1. The van der Waals surface area contributed by atoms with Crippen LogP contribution in [-0.2, 0) is 74.1 Å². The van der Waals surface area contributed by atoms with Gasteiger partial charge in [-0.2, -0.15) is 0 Å². The third kappa shape index (κ3) is 9.04. The Morgan fingerprint density at radius 1 is 0.750 bits per heavy atom. The largest absolute Gasteiger partial charge is 0 e. The van der Waals surface area contributed by atoms with Crippen LogP contribution in [0.3, 0.4) is 0 Å². The van der Waals surface area contributed by atoms with Crippen molar-refractivity contribution in [2.75, 3.05) is 0 Å². The van der Waals surface area contributed by atoms with Crippen LogP contribution in [0.4, 0.5) is 0 Å². The Balaban J connectivity index is 0. The van der Waals surface area contributed by atoms with Gasteiger partial charge in [-0.3, -0.25) is 0 Å². The zero-order valence-corrected chi connectivity index (χ0v) is 12.8. The van der Waals surface area contributed by atoms with E-state index >= 15 is 0 Å². The van der Waals surface area contributed by atoms with Gasteiger partial charge in [0.15, 0.2) is 0 Å². The standard InChI is InChI=1S/Pb.2Sc.Ta. The second-order valence-electron chi connectivity index (χ2n) is 0. The zero-order valence-electron chi connectivity index (χ0n) is 2.10. The van der Waals surface area contributed by atoms with Crippen molar-refractivity contribution in [2.24, 2.45) is 0 Å². The van der Waals surface area contributed by atoms with Crippen molar-refractivity contribution in [3.8, 4) is 0 Å². The molecule has 0 unspecified atom stereocenters. The van der Waals surface area contributed by atoms with Crippen molar-refractivity contribution in [3.05, 3.63) is 0 Å². The van der Waals surface area contributed by atoms with Crippen LogP contribution in [0, 0.1) is 0 Å². The molecule has 0 aliphatic rings. The van der Waals surface area contributed by atoms with E-state index in [1.54, 1.807) is 0 Å². The molecule has 0 aromatic rings. The minimum absolute atomic E-state index is 0. The fraction of sp³-hybridized carbons (Fsp3) is 0. The van der Waals surface area contributed by atoms with Gasteiger partial charge >= 0.3 is 0 Å². The molecule has 0 rings (SSSR count). The summed E-state index contributed by atoms with van der Waals surface area (Å²) in [7, 11) is 0. The average Bonchev–Trinajstić information content (AvgIpc) is 0. The molecule has 0 heterocycles. The van der Waals surface area contributed by atoms with Gasteiger partial charge in [0.25, 0.3) is 0 Å². The molecule has 0 amide bonds. The topological polar surface area (TPSA) is 0 Å². The first kappa shape index (κ1) is 26.2. The van der Waals surface area contributed by atoms with Gasteiger partial charge in [-0.1, -0.05) is 0 Å². The molecular formula is PbSc2Ta. The smallest absolute Gasteiger partial charge is 0 e. The minimum atomic E-state index is 0. The van der Waals surface area contributed by atoms with Gasteiger partial charge < -0.3 is 0 Å². The van der Waals surface area contributed by atoms with Crippen molar-refractivity contribution in [1.82, 2.24) is 0 Å². The van der Waals surface area contributed by atoms with E-state index in [0.29, 0.717) is 0 Å². The first-order chi connectivity index (χ1) is 0. The molecule has 15 valence electrons. The van der Waals surface area contributed by atoms with E-state index in [-0.39, 0.29) is 101 Å². The first-order valence-corrected chi connectivity index (χ1v) is 0. The molecule has 0 saturated carbocycles. The van der Waals surface area contributed by atoms with Gasteiger partial charge in [0.2, 0.25) is 0 Å². The van der Waals surface area contributed by atoms with Crippen LogP contribution in [0.1, 0.15) is 0 Å². The first-order valence-electron chi connectivity index (χ1n) is 0. The number of rotatable bonds is 0. The van der Waals surface area contributed by atoms with Crippen LogP contribution >= 0.6 is 0 Å². The van der Waals surface area contributed by atoms with E-state index in [9.17, 15) is 0 Å². The molecule has 0 fully saturated rings. The van der Waals surface area contributed by atoms with Gasteiger partial charge in [-0.15, -0.1) is 0 Å². The molecule has 4 heavy (non-hydrogen) atoms. The Bertz CT molecular complexity index is 6.00. The summed E-state index contributed by atoms with van der Waals surface area (Å²) in [6.45, 7) is 0. The van der Waals surface area contributed by atoms with Crippen LogP contribution in [-0.4, -0.2) is 27.3 Å². The van der Waals surface area contributed by atoms with Crippen molar-refractivity contribution in [2.45, 2.75) is 0 Å². The summed E-state index contributed by atoms with van der Waals surface area (Å²) in [6, 6.07) is 0. The van der Waals surface area contributed by atoms with E-state index in [1.165, 1.54) is 0 Å². The van der Waals surface area contributed by atoms with Crippen LogP contribution < -0.4 is 0 Å². The maximum atomic E-state index is 0. The molecule has 0 aliphatic heterocycles. The van der Waals surface area contributed by atoms with Crippen molar-refractivity contribution >= 4 is 27.3 Å². The predicted octanol–water partition coefficient (Wildman–Crippen LogP) is -0.388. The van der Waals surface area contributed by atoms with E-state index in [2.05, 4.69) is 0 Å². The van der Waals surface area contributed by atoms with Crippen molar-refractivity contribution < 1.29 is 74.1 Å². The fourth-order valence-electron chi connectivity index (χ4n) is 0. The molecule has 0 bridgehead atoms. The SMILES string of the molecule is [Pb].[Sc].[Sc].[Ta]. The molecule has 0 spiro atoms. The van der Waals surface area contributed by atoms with Crippen molar-refractivity contribution in [3.63, 3.8) is 0 Å². The molecule has 0 N–H and O–H groups in total. The van der Waals surface area contributed by atoms with Gasteiger partial charge in [-0.05, 0) is 0 Å². The number of hydrogen-bond donors (Lipinski definition) is 0. The summed E-state index contributed by atoms with van der Waals surface area (Å²) in [5.74, 6) is 0. The van der Waals surface area contributed by atoms with Gasteiger partial charge in [-0.25, -0.2) is 0 Å². The Morgan fingerprint density at radius 2 is 0.750 bits per heavy atom. The van der Waals surface area contributed by atoms with Gasteiger partial charge in [0.05, 0.1) is 0 Å². The van der Waals surface area contributed by atoms with E-state index in [0.717, 1.165) is 0 Å². The van der Waals surface area contributed by atoms with Gasteiger partial charge in [0, 0.05) is 101 Å². The Hall–Kier alpha value is 3.40. The van der Waals surface area contributed by atoms with Crippen molar-refractivity contribution in [1.29, 1.82) is 0 Å².